The first-order valence-corrected chi connectivity index (χ1v) is 6.98. The molecule has 1 aromatic heterocycles. The van der Waals surface area contributed by atoms with Crippen molar-refractivity contribution in [1.29, 1.82) is 0 Å². The van der Waals surface area contributed by atoms with Crippen molar-refractivity contribution in [2.75, 3.05) is 6.54 Å². The van der Waals surface area contributed by atoms with Gasteiger partial charge >= 0.3 is 0 Å². The van der Waals surface area contributed by atoms with Gasteiger partial charge < -0.3 is 5.32 Å². The summed E-state index contributed by atoms with van der Waals surface area (Å²) in [6.07, 6.45) is 5.58. The highest BCUT2D eigenvalue weighted by Gasteiger charge is 2.01. The highest BCUT2D eigenvalue weighted by atomic mass is 14.9. The second kappa shape index (κ2) is 6.48. The lowest BCUT2D eigenvalue weighted by molar-refractivity contribution is 0.625. The number of rotatable bonds is 5. The molecule has 19 heavy (non-hydrogen) atoms. The average Bonchev–Trinajstić information content (AvgIpc) is 2.42. The molecule has 2 heteroatoms. The van der Waals surface area contributed by atoms with Gasteiger partial charge in [-0.25, -0.2) is 0 Å². The molecule has 1 atom stereocenters. The van der Waals surface area contributed by atoms with Gasteiger partial charge in [0.15, 0.2) is 0 Å². The standard InChI is InChI=1S/C17H22N2/c1-4-11-18-13(2)9-10-15-12-14(3)19-17-8-6-5-7-16(15)17/h5-10,12-13,18H,4,11H2,1-3H3/b10-9+. The van der Waals surface area contributed by atoms with E-state index in [-0.39, 0.29) is 0 Å². The monoisotopic (exact) mass is 254 g/mol. The highest BCUT2D eigenvalue weighted by Crippen LogP contribution is 2.19. The number of benzene rings is 1. The van der Waals surface area contributed by atoms with Crippen molar-refractivity contribution in [1.82, 2.24) is 10.3 Å². The second-order valence-corrected chi connectivity index (χ2v) is 4.97. The van der Waals surface area contributed by atoms with E-state index in [1.807, 2.05) is 13.0 Å². The van der Waals surface area contributed by atoms with Gasteiger partial charge in [0.1, 0.15) is 0 Å². The summed E-state index contributed by atoms with van der Waals surface area (Å²) in [7, 11) is 0. The van der Waals surface area contributed by atoms with Crippen molar-refractivity contribution in [2.24, 2.45) is 0 Å². The molecule has 2 aromatic rings. The van der Waals surface area contributed by atoms with E-state index in [2.05, 4.69) is 60.6 Å². The van der Waals surface area contributed by atoms with Crippen LogP contribution >= 0.6 is 0 Å². The molecule has 0 radical (unpaired) electrons. The fourth-order valence-corrected chi connectivity index (χ4v) is 2.17. The average molecular weight is 254 g/mol. The maximum atomic E-state index is 4.56. The van der Waals surface area contributed by atoms with E-state index in [1.54, 1.807) is 0 Å². The van der Waals surface area contributed by atoms with Gasteiger partial charge in [-0.15, -0.1) is 0 Å². The minimum Gasteiger partial charge on any atom is -0.311 e. The molecular formula is C17H22N2. The molecule has 1 unspecified atom stereocenters. The predicted octanol–water partition coefficient (Wildman–Crippen LogP) is 3.94. The lowest BCUT2D eigenvalue weighted by Gasteiger charge is -2.08. The highest BCUT2D eigenvalue weighted by molar-refractivity contribution is 5.88. The van der Waals surface area contributed by atoms with E-state index in [9.17, 15) is 0 Å². The third-order valence-electron chi connectivity index (χ3n) is 3.16. The molecule has 0 spiro atoms. The van der Waals surface area contributed by atoms with Crippen LogP contribution in [0.4, 0.5) is 0 Å². The molecule has 2 rings (SSSR count). The molecule has 2 nitrogen and oxygen atoms in total. The van der Waals surface area contributed by atoms with Crippen LogP contribution in [-0.2, 0) is 0 Å². The normalized spacial score (nSPS) is 13.2. The minimum atomic E-state index is 0.396. The molecule has 0 aliphatic rings. The van der Waals surface area contributed by atoms with E-state index in [1.165, 1.54) is 10.9 Å². The van der Waals surface area contributed by atoms with Crippen molar-refractivity contribution < 1.29 is 0 Å². The maximum Gasteiger partial charge on any atom is 0.0711 e. The van der Waals surface area contributed by atoms with Gasteiger partial charge in [-0.2, -0.15) is 0 Å². The lowest BCUT2D eigenvalue weighted by atomic mass is 10.1. The molecule has 0 saturated heterocycles. The van der Waals surface area contributed by atoms with Crippen molar-refractivity contribution in [3.8, 4) is 0 Å². The van der Waals surface area contributed by atoms with E-state index >= 15 is 0 Å². The number of hydrogen-bond donors (Lipinski definition) is 1. The fourth-order valence-electron chi connectivity index (χ4n) is 2.17. The number of nitrogens with one attached hydrogen (secondary N) is 1. The minimum absolute atomic E-state index is 0.396. The molecule has 1 aromatic carbocycles. The lowest BCUT2D eigenvalue weighted by Crippen LogP contribution is -2.24. The molecular weight excluding hydrogens is 232 g/mol. The molecule has 1 N–H and O–H groups in total. The molecule has 0 bridgehead atoms. The van der Waals surface area contributed by atoms with Crippen LogP contribution in [-0.4, -0.2) is 17.6 Å². The zero-order valence-electron chi connectivity index (χ0n) is 12.0. The third kappa shape index (κ3) is 3.65. The largest absolute Gasteiger partial charge is 0.311 e. The van der Waals surface area contributed by atoms with Gasteiger partial charge in [0.25, 0.3) is 0 Å². The van der Waals surface area contributed by atoms with Crippen molar-refractivity contribution in [2.45, 2.75) is 33.2 Å². The summed E-state index contributed by atoms with van der Waals surface area (Å²) in [6, 6.07) is 10.8. The number of aromatic nitrogens is 1. The van der Waals surface area contributed by atoms with Gasteiger partial charge in [0, 0.05) is 17.1 Å². The van der Waals surface area contributed by atoms with Gasteiger partial charge in [-0.1, -0.05) is 37.3 Å². The first-order valence-electron chi connectivity index (χ1n) is 6.98. The molecule has 0 aliphatic carbocycles. The number of fused-ring (bicyclic) bond motifs is 1. The van der Waals surface area contributed by atoms with Crippen molar-refractivity contribution in [3.05, 3.63) is 47.7 Å². The number of aryl methyl sites for hydroxylation is 1. The molecule has 0 amide bonds. The Morgan fingerprint density at radius 2 is 2.11 bits per heavy atom. The smallest absolute Gasteiger partial charge is 0.0711 e. The van der Waals surface area contributed by atoms with Crippen LogP contribution in [0.5, 0.6) is 0 Å². The second-order valence-electron chi connectivity index (χ2n) is 4.97. The Morgan fingerprint density at radius 3 is 2.89 bits per heavy atom. The Morgan fingerprint density at radius 1 is 1.32 bits per heavy atom. The summed E-state index contributed by atoms with van der Waals surface area (Å²) >= 11 is 0. The van der Waals surface area contributed by atoms with Crippen LogP contribution in [0.1, 0.15) is 31.5 Å². The summed E-state index contributed by atoms with van der Waals surface area (Å²) in [5.41, 5.74) is 3.37. The van der Waals surface area contributed by atoms with Crippen LogP contribution in [0.2, 0.25) is 0 Å². The van der Waals surface area contributed by atoms with Crippen LogP contribution in [0, 0.1) is 6.92 Å². The summed E-state index contributed by atoms with van der Waals surface area (Å²) < 4.78 is 0. The van der Waals surface area contributed by atoms with Gasteiger partial charge in [0.2, 0.25) is 0 Å². The van der Waals surface area contributed by atoms with Crippen molar-refractivity contribution >= 4 is 17.0 Å². The molecule has 1 heterocycles. The van der Waals surface area contributed by atoms with E-state index < -0.39 is 0 Å². The topological polar surface area (TPSA) is 24.9 Å². The predicted molar refractivity (Wildman–Crippen MR) is 83.3 cm³/mol. The Kier molecular flexibility index (Phi) is 4.69. The van der Waals surface area contributed by atoms with Gasteiger partial charge in [-0.05, 0) is 44.5 Å². The van der Waals surface area contributed by atoms with E-state index in [4.69, 9.17) is 0 Å². The Bertz CT molecular complexity index is 572. The Labute approximate surface area is 115 Å². The fraction of sp³-hybridized carbons (Fsp3) is 0.353. The van der Waals surface area contributed by atoms with Crippen LogP contribution in [0.3, 0.4) is 0 Å². The van der Waals surface area contributed by atoms with Crippen molar-refractivity contribution in [3.63, 3.8) is 0 Å². The molecule has 100 valence electrons. The number of nitrogens with zero attached hydrogens (tertiary/aromatic N) is 1. The van der Waals surface area contributed by atoms with Crippen LogP contribution < -0.4 is 5.32 Å². The van der Waals surface area contributed by atoms with E-state index in [0.29, 0.717) is 6.04 Å². The molecule has 0 fully saturated rings. The Hall–Kier alpha value is -1.67. The summed E-state index contributed by atoms with van der Waals surface area (Å²) in [4.78, 5) is 4.56. The Balaban J connectivity index is 2.27. The summed E-state index contributed by atoms with van der Waals surface area (Å²) in [5, 5.41) is 4.68. The summed E-state index contributed by atoms with van der Waals surface area (Å²) in [6.45, 7) is 7.47. The first-order chi connectivity index (χ1) is 9.20. The number of para-hydroxylation sites is 1. The zero-order valence-corrected chi connectivity index (χ0v) is 12.0. The quantitative estimate of drug-likeness (QED) is 0.874. The van der Waals surface area contributed by atoms with E-state index in [0.717, 1.165) is 24.2 Å². The zero-order chi connectivity index (χ0) is 13.7. The van der Waals surface area contributed by atoms with Gasteiger partial charge in [-0.3, -0.25) is 4.98 Å². The van der Waals surface area contributed by atoms with Crippen LogP contribution in [0.15, 0.2) is 36.4 Å². The van der Waals surface area contributed by atoms with Crippen LogP contribution in [0.25, 0.3) is 17.0 Å². The summed E-state index contributed by atoms with van der Waals surface area (Å²) in [5.74, 6) is 0. The molecule has 0 aliphatic heterocycles. The number of pyridine rings is 1. The number of hydrogen-bond acceptors (Lipinski definition) is 2. The first kappa shape index (κ1) is 13.8. The molecule has 0 saturated carbocycles. The van der Waals surface area contributed by atoms with Gasteiger partial charge in [0.05, 0.1) is 5.52 Å². The maximum absolute atomic E-state index is 4.56. The SMILES string of the molecule is CCCNC(C)/C=C/c1cc(C)nc2ccccc12. The third-order valence-corrected chi connectivity index (χ3v) is 3.16.